The Morgan fingerprint density at radius 1 is 0.500 bits per heavy atom. The van der Waals surface area contributed by atoms with Gasteiger partial charge < -0.3 is 0 Å². The Morgan fingerprint density at radius 2 is 0.733 bits per heavy atom. The Morgan fingerprint density at radius 3 is 0.933 bits per heavy atom. The van der Waals surface area contributed by atoms with Crippen LogP contribution in [0.5, 0.6) is 0 Å². The zero-order valence-corrected chi connectivity index (χ0v) is 17.9. The monoisotopic (exact) mass is 436 g/mol. The molecule has 0 saturated heterocycles. The Labute approximate surface area is 176 Å². The Kier molecular flexibility index (Phi) is 5.46. The van der Waals surface area contributed by atoms with E-state index in [1.807, 2.05) is 121 Å². The normalized spacial score (nSPS) is 13.3. The van der Waals surface area contributed by atoms with Crippen LogP contribution in [0.3, 0.4) is 0 Å². The van der Waals surface area contributed by atoms with E-state index in [0.29, 0.717) is 0 Å². The quantitative estimate of drug-likeness (QED) is 0.451. The van der Waals surface area contributed by atoms with E-state index in [0.717, 1.165) is 21.2 Å². The molecule has 2 N–H and O–H groups in total. The average Bonchev–Trinajstić information content (AvgIpc) is 2.79. The van der Waals surface area contributed by atoms with E-state index in [-0.39, 0.29) is 0 Å². The molecule has 0 radical (unpaired) electrons. The van der Waals surface area contributed by atoms with Gasteiger partial charge in [-0.3, -0.25) is 0 Å². The molecule has 0 aliphatic rings. The van der Waals surface area contributed by atoms with Gasteiger partial charge in [0, 0.05) is 0 Å². The van der Waals surface area contributed by atoms with Gasteiger partial charge in [-0.1, -0.05) is 0 Å². The van der Waals surface area contributed by atoms with Crippen LogP contribution in [-0.2, 0) is 8.88 Å². The van der Waals surface area contributed by atoms with Crippen molar-refractivity contribution in [1.29, 1.82) is 0 Å². The molecule has 152 valence electrons. The van der Waals surface area contributed by atoms with E-state index < -0.39 is 14.7 Å². The standard InChI is InChI=1S/C24H22O4P2/c25-29(26,27)28-30(21-13-5-1-6-14-21,22-15-7-2-8-16-22,23-17-9-3-10-18-23)24-19-11-4-12-20-24/h1-20H,(H2,25,26,27). The van der Waals surface area contributed by atoms with Gasteiger partial charge in [-0.15, -0.1) is 0 Å². The summed E-state index contributed by atoms with van der Waals surface area (Å²) in [4.78, 5) is 20.6. The first-order valence-electron chi connectivity index (χ1n) is 9.48. The van der Waals surface area contributed by atoms with Crippen molar-refractivity contribution >= 4 is 35.9 Å². The van der Waals surface area contributed by atoms with E-state index in [1.54, 1.807) is 0 Å². The van der Waals surface area contributed by atoms with Gasteiger partial charge >= 0.3 is 176 Å². The third kappa shape index (κ3) is 3.24. The minimum absolute atomic E-state index is 0.718. The average molecular weight is 436 g/mol. The summed E-state index contributed by atoms with van der Waals surface area (Å²) in [6.07, 6.45) is 0. The predicted molar refractivity (Wildman–Crippen MR) is 124 cm³/mol. The predicted octanol–water partition coefficient (Wildman–Crippen LogP) is 3.87. The second kappa shape index (κ2) is 7.92. The van der Waals surface area contributed by atoms with Gasteiger partial charge in [-0.2, -0.15) is 0 Å². The van der Waals surface area contributed by atoms with Crippen molar-refractivity contribution in [2.45, 2.75) is 0 Å². The summed E-state index contributed by atoms with van der Waals surface area (Å²) >= 11 is 0. The third-order valence-corrected chi connectivity index (χ3v) is 12.6. The van der Waals surface area contributed by atoms with E-state index in [4.69, 9.17) is 4.31 Å². The van der Waals surface area contributed by atoms with Crippen molar-refractivity contribution in [3.63, 3.8) is 0 Å². The second-order valence-electron chi connectivity index (χ2n) is 6.95. The summed E-state index contributed by atoms with van der Waals surface area (Å²) in [5, 5.41) is 2.87. The third-order valence-electron chi connectivity index (χ3n) is 5.27. The van der Waals surface area contributed by atoms with Gasteiger partial charge in [0.25, 0.3) is 0 Å². The molecule has 4 aromatic rings. The second-order valence-corrected chi connectivity index (χ2v) is 12.7. The molecule has 0 heterocycles. The van der Waals surface area contributed by atoms with Crippen LogP contribution in [0.15, 0.2) is 121 Å². The summed E-state index contributed by atoms with van der Waals surface area (Å²) < 4.78 is 18.8. The van der Waals surface area contributed by atoms with Gasteiger partial charge in [-0.25, -0.2) is 0 Å². The zero-order chi connectivity index (χ0) is 21.1. The first kappa shape index (κ1) is 20.7. The summed E-state index contributed by atoms with van der Waals surface area (Å²) in [5.74, 6) is 0. The molecule has 0 atom stereocenters. The summed E-state index contributed by atoms with van der Waals surface area (Å²) in [6.45, 7) is -4.28. The van der Waals surface area contributed by atoms with Crippen molar-refractivity contribution in [2.75, 3.05) is 0 Å². The number of benzene rings is 4. The summed E-state index contributed by atoms with van der Waals surface area (Å²) in [6, 6.07) is 37.6. The van der Waals surface area contributed by atoms with Crippen molar-refractivity contribution < 1.29 is 18.7 Å². The molecule has 4 aromatic carbocycles. The van der Waals surface area contributed by atoms with E-state index in [1.165, 1.54) is 0 Å². The van der Waals surface area contributed by atoms with E-state index in [9.17, 15) is 14.4 Å². The number of hydrogen-bond donors (Lipinski definition) is 2. The molecule has 0 amide bonds. The SMILES string of the molecule is O=P(O)(O)OP(c1ccccc1)(c1ccccc1)(c1ccccc1)c1ccccc1. The summed E-state index contributed by atoms with van der Waals surface area (Å²) in [5.41, 5.74) is 0. The fourth-order valence-electron chi connectivity index (χ4n) is 4.15. The molecule has 30 heavy (non-hydrogen) atoms. The molecule has 0 aliphatic heterocycles. The fraction of sp³-hybridized carbons (Fsp3) is 0. The van der Waals surface area contributed by atoms with Crippen molar-refractivity contribution in [2.24, 2.45) is 0 Å². The van der Waals surface area contributed by atoms with Crippen LogP contribution in [0.25, 0.3) is 0 Å². The van der Waals surface area contributed by atoms with E-state index in [2.05, 4.69) is 0 Å². The molecular formula is C24H22O4P2. The molecular weight excluding hydrogens is 414 g/mol. The molecule has 0 unspecified atom stereocenters. The molecule has 0 spiro atoms. The molecule has 0 bridgehead atoms. The Balaban J connectivity index is 2.33. The van der Waals surface area contributed by atoms with Gasteiger partial charge in [0.05, 0.1) is 0 Å². The van der Waals surface area contributed by atoms with Crippen LogP contribution < -0.4 is 21.2 Å². The Bertz CT molecular complexity index is 992. The number of phosphoric acid groups is 1. The van der Waals surface area contributed by atoms with Crippen LogP contribution in [0.1, 0.15) is 0 Å². The van der Waals surface area contributed by atoms with E-state index >= 15 is 0 Å². The first-order chi connectivity index (χ1) is 14.5. The minimum atomic E-state index is -4.96. The molecule has 0 fully saturated rings. The molecule has 0 aromatic heterocycles. The zero-order valence-electron chi connectivity index (χ0n) is 16.2. The molecule has 0 aliphatic carbocycles. The molecule has 6 heteroatoms. The molecule has 4 rings (SSSR count). The van der Waals surface area contributed by atoms with Crippen LogP contribution >= 0.6 is 14.7 Å². The van der Waals surface area contributed by atoms with Crippen molar-refractivity contribution in [3.8, 4) is 0 Å². The van der Waals surface area contributed by atoms with Crippen LogP contribution in [0.2, 0.25) is 0 Å². The van der Waals surface area contributed by atoms with Gasteiger partial charge in [-0.05, 0) is 0 Å². The van der Waals surface area contributed by atoms with Crippen LogP contribution in [0.4, 0.5) is 0 Å². The van der Waals surface area contributed by atoms with Gasteiger partial charge in [0.15, 0.2) is 0 Å². The topological polar surface area (TPSA) is 66.8 Å². The van der Waals surface area contributed by atoms with Crippen molar-refractivity contribution in [3.05, 3.63) is 121 Å². The van der Waals surface area contributed by atoms with Gasteiger partial charge in [0.1, 0.15) is 0 Å². The van der Waals surface area contributed by atoms with Crippen molar-refractivity contribution in [1.82, 2.24) is 0 Å². The first-order valence-corrected chi connectivity index (χ1v) is 13.2. The fourth-order valence-corrected chi connectivity index (χ4v) is 12.1. The summed E-state index contributed by atoms with van der Waals surface area (Å²) in [7, 11) is -4.96. The molecule has 4 nitrogen and oxygen atoms in total. The van der Waals surface area contributed by atoms with Crippen LogP contribution in [0, 0.1) is 0 Å². The number of hydrogen-bond acceptors (Lipinski definition) is 2. The van der Waals surface area contributed by atoms with Crippen LogP contribution in [-0.4, -0.2) is 9.79 Å². The number of rotatable bonds is 6. The Hall–Kier alpha value is -2.58. The van der Waals surface area contributed by atoms with Gasteiger partial charge in [0.2, 0.25) is 0 Å². The molecule has 0 saturated carbocycles. The maximum atomic E-state index is 12.7. The maximum absolute atomic E-state index is 12.7.